The molecule has 2 aliphatic rings. The lowest BCUT2D eigenvalue weighted by atomic mass is 9.96. The molecular weight excluding hydrogens is 338 g/mol. The summed E-state index contributed by atoms with van der Waals surface area (Å²) in [5.74, 6) is 0.422. The molecule has 1 amide bonds. The minimum atomic E-state index is 0.0322. The van der Waals surface area contributed by atoms with Gasteiger partial charge in [0, 0.05) is 4.88 Å². The number of benzene rings is 1. The van der Waals surface area contributed by atoms with E-state index in [4.69, 9.17) is 4.99 Å². The van der Waals surface area contributed by atoms with Crippen LogP contribution >= 0.6 is 23.1 Å². The Labute approximate surface area is 148 Å². The molecule has 0 atom stereocenters. The Balaban J connectivity index is 1.77. The van der Waals surface area contributed by atoms with Crippen molar-refractivity contribution in [2.24, 2.45) is 4.99 Å². The van der Waals surface area contributed by atoms with Gasteiger partial charge in [0.25, 0.3) is 0 Å². The van der Waals surface area contributed by atoms with E-state index in [1.54, 1.807) is 16.2 Å². The number of fused-ring (bicyclic) bond motifs is 1. The smallest absolute Gasteiger partial charge is 0.243 e. The first-order chi connectivity index (χ1) is 11.8. The Bertz CT molecular complexity index is 864. The van der Waals surface area contributed by atoms with Crippen LogP contribution in [0.4, 0.5) is 10.7 Å². The predicted octanol–water partition coefficient (Wildman–Crippen LogP) is 4.27. The third-order valence-corrected chi connectivity index (χ3v) is 6.35. The Hall–Kier alpha value is -2.10. The molecule has 0 radical (unpaired) electrons. The fourth-order valence-corrected chi connectivity index (χ4v) is 5.25. The molecule has 0 unspecified atom stereocenters. The summed E-state index contributed by atoms with van der Waals surface area (Å²) in [6, 6.07) is 11.9. The number of carbonyl (C=O) groups is 1. The Kier molecular flexibility index (Phi) is 4.13. The summed E-state index contributed by atoms with van der Waals surface area (Å²) < 4.78 is 0. The monoisotopic (exact) mass is 353 g/mol. The lowest BCUT2D eigenvalue weighted by molar-refractivity contribution is -0.115. The van der Waals surface area contributed by atoms with E-state index < -0.39 is 0 Å². The van der Waals surface area contributed by atoms with Crippen LogP contribution in [0.15, 0.2) is 35.3 Å². The fourth-order valence-electron chi connectivity index (χ4n) is 3.11. The maximum Gasteiger partial charge on any atom is 0.243 e. The summed E-state index contributed by atoms with van der Waals surface area (Å²) in [7, 11) is 0. The SMILES string of the molecule is N#Cc1c(/N=C2\SCC(=O)N2c2ccccc2)sc2c1CCCC2. The molecule has 24 heavy (non-hydrogen) atoms. The quantitative estimate of drug-likeness (QED) is 0.810. The maximum absolute atomic E-state index is 12.3. The molecule has 1 aliphatic carbocycles. The van der Waals surface area contributed by atoms with Crippen molar-refractivity contribution < 1.29 is 4.79 Å². The first-order valence-electron chi connectivity index (χ1n) is 7.92. The standard InChI is InChI=1S/C18H15N3OS2/c19-10-14-13-8-4-5-9-15(13)24-17(14)20-18-21(16(22)11-23-18)12-6-2-1-3-7-12/h1-3,6-7H,4-5,8-9,11H2/b20-18-. The van der Waals surface area contributed by atoms with Crippen LogP contribution in [0.3, 0.4) is 0 Å². The molecule has 0 saturated carbocycles. The number of thiophene rings is 1. The molecular formula is C18H15N3OS2. The normalized spacial score (nSPS) is 18.7. The molecule has 4 rings (SSSR count). The van der Waals surface area contributed by atoms with Gasteiger partial charge in [-0.3, -0.25) is 9.69 Å². The van der Waals surface area contributed by atoms with E-state index in [9.17, 15) is 10.1 Å². The molecule has 2 aromatic rings. The number of amidine groups is 1. The summed E-state index contributed by atoms with van der Waals surface area (Å²) in [5, 5.41) is 11.0. The van der Waals surface area contributed by atoms with Crippen molar-refractivity contribution >= 4 is 44.9 Å². The number of para-hydroxylation sites is 1. The number of aryl methyl sites for hydroxylation is 1. The van der Waals surface area contributed by atoms with E-state index in [-0.39, 0.29) is 5.91 Å². The van der Waals surface area contributed by atoms with Gasteiger partial charge in [-0.25, -0.2) is 4.99 Å². The minimum absolute atomic E-state index is 0.0322. The van der Waals surface area contributed by atoms with E-state index in [0.29, 0.717) is 16.5 Å². The summed E-state index contributed by atoms with van der Waals surface area (Å²) in [4.78, 5) is 20.0. The zero-order valence-corrected chi connectivity index (χ0v) is 14.6. The molecule has 0 N–H and O–H groups in total. The minimum Gasteiger partial charge on any atom is -0.273 e. The van der Waals surface area contributed by atoms with Crippen molar-refractivity contribution in [1.82, 2.24) is 0 Å². The van der Waals surface area contributed by atoms with Gasteiger partial charge in [-0.15, -0.1) is 11.3 Å². The number of amides is 1. The van der Waals surface area contributed by atoms with Crippen LogP contribution < -0.4 is 4.90 Å². The lowest BCUT2D eigenvalue weighted by Gasteiger charge is -2.15. The number of carbonyl (C=O) groups excluding carboxylic acids is 1. The van der Waals surface area contributed by atoms with Crippen molar-refractivity contribution in [1.29, 1.82) is 5.26 Å². The molecule has 4 nitrogen and oxygen atoms in total. The molecule has 1 fully saturated rings. The van der Waals surface area contributed by atoms with Gasteiger partial charge in [0.05, 0.1) is 17.0 Å². The first-order valence-corrected chi connectivity index (χ1v) is 9.72. The third kappa shape index (κ3) is 2.64. The number of rotatable bonds is 2. The van der Waals surface area contributed by atoms with Gasteiger partial charge in [-0.05, 0) is 43.4 Å². The highest BCUT2D eigenvalue weighted by Crippen LogP contribution is 2.40. The van der Waals surface area contributed by atoms with E-state index in [1.165, 1.54) is 28.6 Å². The van der Waals surface area contributed by atoms with Gasteiger partial charge in [0.1, 0.15) is 11.1 Å². The number of hydrogen-bond acceptors (Lipinski definition) is 5. The van der Waals surface area contributed by atoms with Crippen LogP contribution in [-0.4, -0.2) is 16.8 Å². The van der Waals surface area contributed by atoms with E-state index in [0.717, 1.165) is 30.0 Å². The summed E-state index contributed by atoms with van der Waals surface area (Å²) in [5.41, 5.74) is 2.70. The second-order valence-corrected chi connectivity index (χ2v) is 7.78. The largest absolute Gasteiger partial charge is 0.273 e. The molecule has 1 aromatic carbocycles. The van der Waals surface area contributed by atoms with Crippen molar-refractivity contribution in [3.8, 4) is 6.07 Å². The third-order valence-electron chi connectivity index (χ3n) is 4.24. The summed E-state index contributed by atoms with van der Waals surface area (Å²) in [6.07, 6.45) is 4.32. The molecule has 6 heteroatoms. The number of anilines is 1. The van der Waals surface area contributed by atoms with Crippen LogP contribution in [0.1, 0.15) is 28.8 Å². The van der Waals surface area contributed by atoms with Gasteiger partial charge >= 0.3 is 0 Å². The second-order valence-electron chi connectivity index (χ2n) is 5.75. The summed E-state index contributed by atoms with van der Waals surface area (Å²) in [6.45, 7) is 0. The Morgan fingerprint density at radius 3 is 2.75 bits per heavy atom. The molecule has 1 aromatic heterocycles. The first kappa shape index (κ1) is 15.4. The fraction of sp³-hybridized carbons (Fsp3) is 0.278. The highest BCUT2D eigenvalue weighted by Gasteiger charge is 2.30. The average molecular weight is 353 g/mol. The second kappa shape index (κ2) is 6.42. The molecule has 120 valence electrons. The molecule has 1 saturated heterocycles. The van der Waals surface area contributed by atoms with Crippen LogP contribution in [0.5, 0.6) is 0 Å². The van der Waals surface area contributed by atoms with E-state index in [2.05, 4.69) is 6.07 Å². The van der Waals surface area contributed by atoms with Crippen molar-refractivity contribution in [2.75, 3.05) is 10.7 Å². The number of thioether (sulfide) groups is 1. The van der Waals surface area contributed by atoms with Gasteiger partial charge in [0.2, 0.25) is 5.91 Å². The van der Waals surface area contributed by atoms with Crippen LogP contribution in [0, 0.1) is 11.3 Å². The van der Waals surface area contributed by atoms with Crippen molar-refractivity contribution in [3.63, 3.8) is 0 Å². The van der Waals surface area contributed by atoms with Crippen molar-refractivity contribution in [3.05, 3.63) is 46.3 Å². The van der Waals surface area contributed by atoms with E-state index in [1.807, 2.05) is 30.3 Å². The zero-order valence-electron chi connectivity index (χ0n) is 13.0. The Morgan fingerprint density at radius 1 is 1.17 bits per heavy atom. The van der Waals surface area contributed by atoms with E-state index >= 15 is 0 Å². The van der Waals surface area contributed by atoms with Gasteiger partial charge < -0.3 is 0 Å². The lowest BCUT2D eigenvalue weighted by Crippen LogP contribution is -2.28. The molecule has 0 spiro atoms. The molecule has 2 heterocycles. The number of nitrogens with zero attached hydrogens (tertiary/aromatic N) is 3. The van der Waals surface area contributed by atoms with Crippen LogP contribution in [0.25, 0.3) is 0 Å². The molecule has 1 aliphatic heterocycles. The predicted molar refractivity (Wildman–Crippen MR) is 99.2 cm³/mol. The summed E-state index contributed by atoms with van der Waals surface area (Å²) >= 11 is 3.05. The number of aliphatic imine (C=N–C) groups is 1. The maximum atomic E-state index is 12.3. The zero-order chi connectivity index (χ0) is 16.5. The highest BCUT2D eigenvalue weighted by atomic mass is 32.2. The van der Waals surface area contributed by atoms with Gasteiger partial charge in [-0.1, -0.05) is 30.0 Å². The highest BCUT2D eigenvalue weighted by molar-refractivity contribution is 8.15. The number of hydrogen-bond donors (Lipinski definition) is 0. The van der Waals surface area contributed by atoms with Crippen molar-refractivity contribution in [2.45, 2.75) is 25.7 Å². The van der Waals surface area contributed by atoms with Gasteiger partial charge in [-0.2, -0.15) is 5.26 Å². The average Bonchev–Trinajstić information content (AvgIpc) is 3.15. The number of nitriles is 1. The van der Waals surface area contributed by atoms with Gasteiger partial charge in [0.15, 0.2) is 5.17 Å². The Morgan fingerprint density at radius 2 is 1.96 bits per heavy atom. The topological polar surface area (TPSA) is 56.5 Å². The molecule has 0 bridgehead atoms. The van der Waals surface area contributed by atoms with Crippen LogP contribution in [-0.2, 0) is 17.6 Å². The van der Waals surface area contributed by atoms with Crippen LogP contribution in [0.2, 0.25) is 0 Å².